The van der Waals surface area contributed by atoms with Gasteiger partial charge in [0.1, 0.15) is 17.1 Å². The van der Waals surface area contributed by atoms with Crippen LogP contribution in [0.1, 0.15) is 23.2 Å². The summed E-state index contributed by atoms with van der Waals surface area (Å²) in [5.41, 5.74) is 1.59. The molecule has 1 aliphatic carbocycles. The number of halogens is 1. The normalized spacial score (nSPS) is 13.0. The first-order valence-corrected chi connectivity index (χ1v) is 10.4. The van der Waals surface area contributed by atoms with E-state index < -0.39 is 0 Å². The molecule has 32 heavy (non-hydrogen) atoms. The fraction of sp³-hybridized carbons (Fsp3) is 0.130. The molecule has 0 spiro atoms. The maximum atomic E-state index is 12.5. The van der Waals surface area contributed by atoms with E-state index in [9.17, 15) is 9.59 Å². The Morgan fingerprint density at radius 2 is 1.94 bits per heavy atom. The number of nitrogens with zero attached hydrogens (tertiary/aromatic N) is 3. The molecule has 0 saturated heterocycles. The number of carbonyl (C=O) groups excluding carboxylic acids is 2. The number of imidazole rings is 1. The molecule has 8 nitrogen and oxygen atoms in total. The number of pyridine rings is 2. The van der Waals surface area contributed by atoms with E-state index in [1.807, 2.05) is 0 Å². The zero-order valence-electron chi connectivity index (χ0n) is 16.8. The molecule has 1 fully saturated rings. The van der Waals surface area contributed by atoms with Gasteiger partial charge in [0.2, 0.25) is 5.91 Å². The summed E-state index contributed by atoms with van der Waals surface area (Å²) in [6.45, 7) is 0. The molecule has 2 N–H and O–H groups in total. The highest BCUT2D eigenvalue weighted by molar-refractivity contribution is 6.34. The predicted octanol–water partition coefficient (Wildman–Crippen LogP) is 4.78. The molecule has 1 aromatic carbocycles. The van der Waals surface area contributed by atoms with Crippen LogP contribution in [0.2, 0.25) is 5.02 Å². The van der Waals surface area contributed by atoms with E-state index in [0.29, 0.717) is 34.2 Å². The Balaban J connectivity index is 1.30. The molecule has 1 saturated carbocycles. The molecule has 4 aromatic rings. The van der Waals surface area contributed by atoms with Gasteiger partial charge in [-0.05, 0) is 43.2 Å². The van der Waals surface area contributed by atoms with Crippen molar-refractivity contribution in [2.75, 3.05) is 10.6 Å². The van der Waals surface area contributed by atoms with Crippen molar-refractivity contribution in [1.82, 2.24) is 14.4 Å². The maximum absolute atomic E-state index is 12.5. The lowest BCUT2D eigenvalue weighted by Crippen LogP contribution is -2.13. The molecule has 0 radical (unpaired) electrons. The molecular formula is C23H18ClN5O3. The Morgan fingerprint density at radius 3 is 2.75 bits per heavy atom. The van der Waals surface area contributed by atoms with Gasteiger partial charge in [-0.3, -0.25) is 14.6 Å². The third-order valence-corrected chi connectivity index (χ3v) is 5.27. The van der Waals surface area contributed by atoms with Gasteiger partial charge in [-0.2, -0.15) is 0 Å². The van der Waals surface area contributed by atoms with Gasteiger partial charge in [0.15, 0.2) is 5.82 Å². The summed E-state index contributed by atoms with van der Waals surface area (Å²) in [4.78, 5) is 32.7. The summed E-state index contributed by atoms with van der Waals surface area (Å²) in [5, 5.41) is 5.92. The average Bonchev–Trinajstić information content (AvgIpc) is 3.55. The van der Waals surface area contributed by atoms with Crippen molar-refractivity contribution in [1.29, 1.82) is 0 Å². The number of fused-ring (bicyclic) bond motifs is 1. The Morgan fingerprint density at radius 1 is 1.06 bits per heavy atom. The fourth-order valence-corrected chi connectivity index (χ4v) is 3.40. The van der Waals surface area contributed by atoms with E-state index in [4.69, 9.17) is 16.3 Å². The largest absolute Gasteiger partial charge is 0.456 e. The minimum Gasteiger partial charge on any atom is -0.456 e. The summed E-state index contributed by atoms with van der Waals surface area (Å²) in [5.74, 6) is 1.42. The lowest BCUT2D eigenvalue weighted by molar-refractivity contribution is -0.117. The fourth-order valence-electron chi connectivity index (χ4n) is 3.20. The monoisotopic (exact) mass is 447 g/mol. The zero-order chi connectivity index (χ0) is 22.1. The third-order valence-electron chi connectivity index (χ3n) is 4.97. The predicted molar refractivity (Wildman–Crippen MR) is 120 cm³/mol. The lowest BCUT2D eigenvalue weighted by Gasteiger charge is -2.10. The summed E-state index contributed by atoms with van der Waals surface area (Å²) in [7, 11) is 0. The van der Waals surface area contributed by atoms with Crippen LogP contribution in [0.15, 0.2) is 67.3 Å². The average molecular weight is 448 g/mol. The summed E-state index contributed by atoms with van der Waals surface area (Å²) in [6.07, 6.45) is 8.33. The molecule has 0 unspecified atom stereocenters. The van der Waals surface area contributed by atoms with Crippen molar-refractivity contribution in [2.24, 2.45) is 5.92 Å². The first-order valence-electron chi connectivity index (χ1n) is 10.0. The standard InChI is InChI=1S/C23H18ClN5O3/c24-19-11-25-9-8-18(19)23(31)26-15-2-1-3-16(10-15)32-17-6-7-21-27-20(13-29(21)12-17)28-22(30)14-4-5-14/h1-3,6-14H,4-5H2,(H,26,31)(H,28,30). The molecule has 0 bridgehead atoms. The van der Waals surface area contributed by atoms with Gasteiger partial charge < -0.3 is 19.8 Å². The second-order valence-electron chi connectivity index (χ2n) is 7.46. The summed E-state index contributed by atoms with van der Waals surface area (Å²) >= 11 is 6.04. The first kappa shape index (κ1) is 20.0. The van der Waals surface area contributed by atoms with Gasteiger partial charge in [0.25, 0.3) is 5.91 Å². The minimum absolute atomic E-state index is 0.0109. The van der Waals surface area contributed by atoms with Crippen LogP contribution >= 0.6 is 11.6 Å². The molecule has 9 heteroatoms. The molecule has 0 atom stereocenters. The van der Waals surface area contributed by atoms with Crippen molar-refractivity contribution >= 4 is 40.6 Å². The first-order chi connectivity index (χ1) is 15.5. The Labute approximate surface area is 188 Å². The van der Waals surface area contributed by atoms with Crippen LogP contribution in [0.3, 0.4) is 0 Å². The molecule has 1 aliphatic rings. The van der Waals surface area contributed by atoms with E-state index in [1.165, 1.54) is 12.4 Å². The lowest BCUT2D eigenvalue weighted by atomic mass is 10.2. The van der Waals surface area contributed by atoms with Crippen LogP contribution in [0, 0.1) is 5.92 Å². The van der Waals surface area contributed by atoms with E-state index in [-0.39, 0.29) is 22.8 Å². The number of nitrogens with one attached hydrogen (secondary N) is 2. The molecule has 5 rings (SSSR count). The van der Waals surface area contributed by atoms with E-state index in [1.54, 1.807) is 59.3 Å². The highest BCUT2D eigenvalue weighted by atomic mass is 35.5. The van der Waals surface area contributed by atoms with Crippen LogP contribution in [0.4, 0.5) is 11.5 Å². The number of hydrogen-bond acceptors (Lipinski definition) is 5. The molecule has 3 heterocycles. The number of ether oxygens (including phenoxy) is 1. The molecular weight excluding hydrogens is 430 g/mol. The van der Waals surface area contributed by atoms with E-state index in [2.05, 4.69) is 20.6 Å². The highest BCUT2D eigenvalue weighted by Crippen LogP contribution is 2.30. The van der Waals surface area contributed by atoms with Gasteiger partial charge in [-0.1, -0.05) is 17.7 Å². The molecule has 3 aromatic heterocycles. The van der Waals surface area contributed by atoms with Crippen LogP contribution in [-0.4, -0.2) is 26.2 Å². The third kappa shape index (κ3) is 4.40. The second-order valence-corrected chi connectivity index (χ2v) is 7.87. The quantitative estimate of drug-likeness (QED) is 0.443. The molecule has 160 valence electrons. The van der Waals surface area contributed by atoms with E-state index in [0.717, 1.165) is 12.8 Å². The van der Waals surface area contributed by atoms with Crippen molar-refractivity contribution < 1.29 is 14.3 Å². The number of hydrogen-bond donors (Lipinski definition) is 2. The summed E-state index contributed by atoms with van der Waals surface area (Å²) < 4.78 is 7.74. The van der Waals surface area contributed by atoms with Gasteiger partial charge in [-0.15, -0.1) is 0 Å². The van der Waals surface area contributed by atoms with Crippen molar-refractivity contribution in [3.63, 3.8) is 0 Å². The van der Waals surface area contributed by atoms with Gasteiger partial charge in [0.05, 0.1) is 23.0 Å². The smallest absolute Gasteiger partial charge is 0.257 e. The number of benzene rings is 1. The van der Waals surface area contributed by atoms with Gasteiger partial charge in [-0.25, -0.2) is 4.98 Å². The number of carbonyl (C=O) groups is 2. The SMILES string of the molecule is O=C(Nc1cccc(Oc2ccc3nc(NC(=O)C4CC4)cn3c2)c1)c1ccncc1Cl. The van der Waals surface area contributed by atoms with Crippen LogP contribution in [0.25, 0.3) is 5.65 Å². The van der Waals surface area contributed by atoms with Gasteiger partial charge in [0, 0.05) is 30.1 Å². The van der Waals surface area contributed by atoms with Crippen LogP contribution in [-0.2, 0) is 4.79 Å². The number of rotatable bonds is 6. The Bertz CT molecular complexity index is 1330. The number of aromatic nitrogens is 3. The van der Waals surface area contributed by atoms with Crippen LogP contribution < -0.4 is 15.4 Å². The van der Waals surface area contributed by atoms with Crippen molar-refractivity contribution in [3.05, 3.63) is 77.8 Å². The highest BCUT2D eigenvalue weighted by Gasteiger charge is 2.30. The number of anilines is 2. The molecule has 0 aliphatic heterocycles. The van der Waals surface area contributed by atoms with Crippen LogP contribution in [0.5, 0.6) is 11.5 Å². The van der Waals surface area contributed by atoms with Gasteiger partial charge >= 0.3 is 0 Å². The minimum atomic E-state index is -0.338. The van der Waals surface area contributed by atoms with Crippen molar-refractivity contribution in [3.8, 4) is 11.5 Å². The Hall–Kier alpha value is -3.91. The topological polar surface area (TPSA) is 97.6 Å². The van der Waals surface area contributed by atoms with Crippen molar-refractivity contribution in [2.45, 2.75) is 12.8 Å². The Kier molecular flexibility index (Phi) is 5.20. The van der Waals surface area contributed by atoms with E-state index >= 15 is 0 Å². The maximum Gasteiger partial charge on any atom is 0.257 e. The number of amides is 2. The second kappa shape index (κ2) is 8.32. The molecule has 2 amide bonds. The zero-order valence-corrected chi connectivity index (χ0v) is 17.5. The summed E-state index contributed by atoms with van der Waals surface area (Å²) in [6, 6.07) is 12.2.